The molecule has 2 rings (SSSR count). The third-order valence-electron chi connectivity index (χ3n) is 4.74. The number of nitrogens with zero attached hydrogens (tertiary/aromatic N) is 2. The van der Waals surface area contributed by atoms with Crippen molar-refractivity contribution in [3.05, 3.63) is 29.5 Å². The number of rotatable bonds is 11. The Kier molecular flexibility index (Phi) is 9.47. The molecule has 10 nitrogen and oxygen atoms in total. The van der Waals surface area contributed by atoms with Gasteiger partial charge in [-0.15, -0.1) is 0 Å². The molecule has 0 spiro atoms. The van der Waals surface area contributed by atoms with Gasteiger partial charge in [-0.1, -0.05) is 6.07 Å². The van der Waals surface area contributed by atoms with E-state index in [1.807, 2.05) is 0 Å². The van der Waals surface area contributed by atoms with Gasteiger partial charge in [0, 0.05) is 13.1 Å². The zero-order valence-electron chi connectivity index (χ0n) is 20.5. The molecule has 0 aliphatic carbocycles. The van der Waals surface area contributed by atoms with Crippen LogP contribution in [0.4, 0.5) is 4.79 Å². The van der Waals surface area contributed by atoms with Crippen LogP contribution in [0.15, 0.2) is 23.9 Å². The molecule has 10 heteroatoms. The van der Waals surface area contributed by atoms with Gasteiger partial charge in [0.1, 0.15) is 5.70 Å². The van der Waals surface area contributed by atoms with Gasteiger partial charge in [0.15, 0.2) is 11.5 Å². The van der Waals surface area contributed by atoms with E-state index in [9.17, 15) is 19.2 Å². The Balaban J connectivity index is 2.31. The van der Waals surface area contributed by atoms with E-state index in [4.69, 9.17) is 18.9 Å². The highest BCUT2D eigenvalue weighted by Crippen LogP contribution is 2.30. The van der Waals surface area contributed by atoms with Crippen LogP contribution in [0.5, 0.6) is 11.5 Å². The molecule has 0 saturated carbocycles. The van der Waals surface area contributed by atoms with Crippen LogP contribution in [0.25, 0.3) is 6.08 Å². The maximum absolute atomic E-state index is 13.1. The van der Waals surface area contributed by atoms with E-state index >= 15 is 0 Å². The van der Waals surface area contributed by atoms with E-state index in [0.29, 0.717) is 17.1 Å². The third-order valence-corrected chi connectivity index (χ3v) is 4.74. The van der Waals surface area contributed by atoms with E-state index in [1.165, 1.54) is 25.2 Å². The molecule has 1 fully saturated rings. The highest BCUT2D eigenvalue weighted by atomic mass is 16.5. The lowest BCUT2D eigenvalue weighted by Crippen LogP contribution is -2.35. The molecule has 34 heavy (non-hydrogen) atoms. The summed E-state index contributed by atoms with van der Waals surface area (Å²) in [6, 6.07) is 4.43. The molecule has 0 N–H and O–H groups in total. The molecule has 1 saturated heterocycles. The van der Waals surface area contributed by atoms with Crippen molar-refractivity contribution in [3.8, 4) is 11.5 Å². The van der Waals surface area contributed by atoms with Crippen molar-refractivity contribution in [1.29, 1.82) is 0 Å². The Morgan fingerprint density at radius 3 is 1.88 bits per heavy atom. The molecule has 0 bridgehead atoms. The van der Waals surface area contributed by atoms with Crippen molar-refractivity contribution in [2.24, 2.45) is 0 Å². The van der Waals surface area contributed by atoms with E-state index in [2.05, 4.69) is 0 Å². The quantitative estimate of drug-likeness (QED) is 0.272. The Bertz CT molecular complexity index is 954. The van der Waals surface area contributed by atoms with Crippen molar-refractivity contribution in [1.82, 2.24) is 9.80 Å². The van der Waals surface area contributed by atoms with Crippen LogP contribution >= 0.6 is 0 Å². The topological polar surface area (TPSA) is 112 Å². The first-order valence-corrected chi connectivity index (χ1v) is 11.0. The van der Waals surface area contributed by atoms with E-state index in [-0.39, 0.29) is 43.8 Å². The Labute approximate surface area is 199 Å². The van der Waals surface area contributed by atoms with Gasteiger partial charge < -0.3 is 18.9 Å². The molecule has 0 unspecified atom stereocenters. The predicted octanol–water partition coefficient (Wildman–Crippen LogP) is 2.99. The first-order chi connectivity index (χ1) is 16.1. The summed E-state index contributed by atoms with van der Waals surface area (Å²) in [6.07, 6.45) is 0.698. The van der Waals surface area contributed by atoms with Gasteiger partial charge in [-0.3, -0.25) is 24.2 Å². The highest BCUT2D eigenvalue weighted by molar-refractivity contribution is 6.14. The molecule has 1 heterocycles. The molecule has 0 radical (unpaired) electrons. The molecular formula is C24H32N2O8. The number of hydrogen-bond acceptors (Lipinski definition) is 8. The van der Waals surface area contributed by atoms with Gasteiger partial charge in [-0.2, -0.15) is 0 Å². The maximum atomic E-state index is 13.1. The minimum atomic E-state index is -0.619. The van der Waals surface area contributed by atoms with Gasteiger partial charge in [0.25, 0.3) is 5.91 Å². The summed E-state index contributed by atoms with van der Waals surface area (Å²) in [6.45, 7) is 6.69. The van der Waals surface area contributed by atoms with Crippen molar-refractivity contribution < 1.29 is 38.1 Å². The van der Waals surface area contributed by atoms with E-state index < -0.39 is 23.9 Å². The second-order valence-electron chi connectivity index (χ2n) is 8.11. The summed E-state index contributed by atoms with van der Waals surface area (Å²) < 4.78 is 20.8. The van der Waals surface area contributed by atoms with Crippen LogP contribution in [0, 0.1) is 0 Å². The van der Waals surface area contributed by atoms with E-state index in [0.717, 1.165) is 4.90 Å². The number of methoxy groups -OCH3 is 2. The summed E-state index contributed by atoms with van der Waals surface area (Å²) in [5.41, 5.74) is 0.663. The zero-order valence-corrected chi connectivity index (χ0v) is 20.5. The standard InChI is InChI=1S/C24H32N2O8/c1-15(2)33-21(27)9-11-25-18(13-17-7-8-19(31-5)20(14-17)32-6)23(29)26(24(25)30)12-10-22(28)34-16(3)4/h7-8,13-16H,9-12H2,1-6H3/b18-13+. The monoisotopic (exact) mass is 476 g/mol. The number of ether oxygens (including phenoxy) is 4. The SMILES string of the molecule is COc1ccc(/C=C2\C(=O)N(CCC(=O)OC(C)C)C(=O)N2CCC(=O)OC(C)C)cc1OC. The minimum Gasteiger partial charge on any atom is -0.493 e. The second-order valence-corrected chi connectivity index (χ2v) is 8.11. The van der Waals surface area contributed by atoms with Crippen molar-refractivity contribution >= 4 is 30.0 Å². The smallest absolute Gasteiger partial charge is 0.331 e. The van der Waals surface area contributed by atoms with Crippen LogP contribution in [0.2, 0.25) is 0 Å². The molecule has 1 aromatic carbocycles. The van der Waals surface area contributed by atoms with Crippen molar-refractivity contribution in [2.75, 3.05) is 27.3 Å². The predicted molar refractivity (Wildman–Crippen MR) is 123 cm³/mol. The number of amides is 3. The Hall–Kier alpha value is -3.56. The summed E-state index contributed by atoms with van der Waals surface area (Å²) in [5.74, 6) is -0.611. The van der Waals surface area contributed by atoms with Crippen LogP contribution in [0.3, 0.4) is 0 Å². The summed E-state index contributed by atoms with van der Waals surface area (Å²) in [5, 5.41) is 0. The number of esters is 2. The number of carbonyl (C=O) groups is 4. The summed E-state index contributed by atoms with van der Waals surface area (Å²) in [7, 11) is 3.00. The molecule has 186 valence electrons. The second kappa shape index (κ2) is 12.1. The van der Waals surface area contributed by atoms with Crippen LogP contribution in [0.1, 0.15) is 46.1 Å². The average Bonchev–Trinajstić information content (AvgIpc) is 2.98. The van der Waals surface area contributed by atoms with E-state index in [1.54, 1.807) is 45.9 Å². The fourth-order valence-electron chi connectivity index (χ4n) is 3.29. The summed E-state index contributed by atoms with van der Waals surface area (Å²) >= 11 is 0. The molecule has 1 aliphatic rings. The fraction of sp³-hybridized carbons (Fsp3) is 0.500. The average molecular weight is 477 g/mol. The van der Waals surface area contributed by atoms with Gasteiger partial charge in [-0.05, 0) is 51.5 Å². The highest BCUT2D eigenvalue weighted by Gasteiger charge is 2.41. The third kappa shape index (κ3) is 6.97. The largest absolute Gasteiger partial charge is 0.493 e. The Morgan fingerprint density at radius 1 is 0.853 bits per heavy atom. The van der Waals surface area contributed by atoms with Gasteiger partial charge in [0.2, 0.25) is 0 Å². The van der Waals surface area contributed by atoms with Gasteiger partial charge >= 0.3 is 18.0 Å². The zero-order chi connectivity index (χ0) is 25.4. The molecule has 0 aromatic heterocycles. The van der Waals surface area contributed by atoms with Crippen molar-refractivity contribution in [3.63, 3.8) is 0 Å². The Morgan fingerprint density at radius 2 is 1.38 bits per heavy atom. The lowest BCUT2D eigenvalue weighted by Gasteiger charge is -2.17. The van der Waals surface area contributed by atoms with Crippen LogP contribution < -0.4 is 9.47 Å². The molecule has 1 aromatic rings. The molecular weight excluding hydrogens is 444 g/mol. The van der Waals surface area contributed by atoms with Gasteiger partial charge in [-0.25, -0.2) is 4.79 Å². The molecule has 1 aliphatic heterocycles. The number of imide groups is 1. The molecule has 3 amide bonds. The normalized spacial score (nSPS) is 14.9. The first-order valence-electron chi connectivity index (χ1n) is 11.0. The fourth-order valence-corrected chi connectivity index (χ4v) is 3.29. The van der Waals surface area contributed by atoms with Crippen LogP contribution in [-0.2, 0) is 23.9 Å². The van der Waals surface area contributed by atoms with Crippen LogP contribution in [-0.4, -0.2) is 73.2 Å². The minimum absolute atomic E-state index is 0.0534. The number of carbonyl (C=O) groups excluding carboxylic acids is 4. The molecule has 0 atom stereocenters. The van der Waals surface area contributed by atoms with Gasteiger partial charge in [0.05, 0.1) is 39.3 Å². The first kappa shape index (κ1) is 26.7. The number of benzene rings is 1. The maximum Gasteiger partial charge on any atom is 0.331 e. The van der Waals surface area contributed by atoms with Crippen molar-refractivity contribution in [2.45, 2.75) is 52.7 Å². The lowest BCUT2D eigenvalue weighted by atomic mass is 10.1. The summed E-state index contributed by atoms with van der Waals surface area (Å²) in [4.78, 5) is 52.4. The lowest BCUT2D eigenvalue weighted by molar-refractivity contribution is -0.148. The number of urea groups is 1. The number of hydrogen-bond donors (Lipinski definition) is 0.